The van der Waals surface area contributed by atoms with Crippen LogP contribution in [0.15, 0.2) is 48.8 Å². The number of nitrogens with zero attached hydrogens (tertiary/aromatic N) is 1. The van der Waals surface area contributed by atoms with Crippen molar-refractivity contribution in [2.45, 2.75) is 45.7 Å². The Morgan fingerprint density at radius 3 is 2.30 bits per heavy atom. The maximum atomic E-state index is 4.18. The summed E-state index contributed by atoms with van der Waals surface area (Å²) in [6.07, 6.45) is 6.10. The molecule has 2 rings (SSSR count). The lowest BCUT2D eigenvalue weighted by molar-refractivity contribution is 0.493. The smallest absolute Gasteiger partial charge is 0.0315 e. The van der Waals surface area contributed by atoms with E-state index in [-0.39, 0.29) is 0 Å². The maximum Gasteiger partial charge on any atom is 0.0315 e. The van der Waals surface area contributed by atoms with E-state index in [1.165, 1.54) is 23.1 Å². The lowest BCUT2D eigenvalue weighted by Crippen LogP contribution is -2.22. The molecule has 0 fully saturated rings. The Hall–Kier alpha value is -1.67. The van der Waals surface area contributed by atoms with Gasteiger partial charge in [0.2, 0.25) is 0 Å². The van der Waals surface area contributed by atoms with E-state index in [4.69, 9.17) is 0 Å². The third kappa shape index (κ3) is 3.91. The first-order valence-corrected chi connectivity index (χ1v) is 7.45. The molecule has 2 heteroatoms. The molecule has 0 aliphatic rings. The summed E-state index contributed by atoms with van der Waals surface area (Å²) in [6.45, 7) is 6.61. The Balaban J connectivity index is 1.99. The minimum absolute atomic E-state index is 0.300. The number of hydrogen-bond donors (Lipinski definition) is 1. The summed E-state index contributed by atoms with van der Waals surface area (Å²) >= 11 is 0. The predicted octanol–water partition coefficient (Wildman–Crippen LogP) is 4.45. The molecule has 20 heavy (non-hydrogen) atoms. The monoisotopic (exact) mass is 268 g/mol. The average molecular weight is 268 g/mol. The molecule has 1 unspecified atom stereocenters. The van der Waals surface area contributed by atoms with Gasteiger partial charge >= 0.3 is 0 Å². The van der Waals surface area contributed by atoms with Crippen LogP contribution in [-0.2, 0) is 6.42 Å². The Morgan fingerprint density at radius 1 is 1.00 bits per heavy atom. The van der Waals surface area contributed by atoms with Crippen molar-refractivity contribution in [1.82, 2.24) is 10.3 Å². The van der Waals surface area contributed by atoms with Crippen LogP contribution in [0, 0.1) is 0 Å². The van der Waals surface area contributed by atoms with Crippen LogP contribution in [0.25, 0.3) is 0 Å². The van der Waals surface area contributed by atoms with E-state index < -0.39 is 0 Å². The first-order chi connectivity index (χ1) is 9.70. The van der Waals surface area contributed by atoms with Crippen LogP contribution >= 0.6 is 0 Å². The van der Waals surface area contributed by atoms with E-state index in [9.17, 15) is 0 Å². The van der Waals surface area contributed by atoms with Gasteiger partial charge in [0, 0.05) is 24.5 Å². The number of benzene rings is 1. The van der Waals surface area contributed by atoms with Crippen LogP contribution < -0.4 is 5.32 Å². The summed E-state index contributed by atoms with van der Waals surface area (Å²) in [5.74, 6) is 0. The Labute approximate surface area is 122 Å². The normalized spacial score (nSPS) is 13.9. The molecule has 1 aromatic carbocycles. The molecule has 106 valence electrons. The first-order valence-electron chi connectivity index (χ1n) is 7.45. The van der Waals surface area contributed by atoms with Crippen LogP contribution in [0.3, 0.4) is 0 Å². The quantitative estimate of drug-likeness (QED) is 0.837. The zero-order valence-corrected chi connectivity index (χ0v) is 12.6. The van der Waals surface area contributed by atoms with E-state index in [0.29, 0.717) is 12.1 Å². The van der Waals surface area contributed by atoms with Crippen LogP contribution in [0.4, 0.5) is 0 Å². The molecular weight excluding hydrogens is 244 g/mol. The van der Waals surface area contributed by atoms with E-state index in [2.05, 4.69) is 61.4 Å². The summed E-state index contributed by atoms with van der Waals surface area (Å²) in [7, 11) is 0. The number of aromatic nitrogens is 1. The molecule has 0 aliphatic heterocycles. The summed E-state index contributed by atoms with van der Waals surface area (Å²) in [4.78, 5) is 4.18. The number of pyridine rings is 1. The standard InChI is InChI=1S/C18H24N2/c1-4-6-16-8-10-17(11-9-16)14(2)20-15(3)18-7-5-12-19-13-18/h5,7-15,20H,4,6H2,1-3H3/t14?,15-/m1/s1. The molecule has 0 saturated heterocycles. The predicted molar refractivity (Wildman–Crippen MR) is 84.6 cm³/mol. The minimum atomic E-state index is 0.300. The maximum absolute atomic E-state index is 4.18. The van der Waals surface area contributed by atoms with Gasteiger partial charge in [0.25, 0.3) is 0 Å². The average Bonchev–Trinajstić information content (AvgIpc) is 2.49. The van der Waals surface area contributed by atoms with Crippen molar-refractivity contribution in [1.29, 1.82) is 0 Å². The van der Waals surface area contributed by atoms with Gasteiger partial charge in [-0.2, -0.15) is 0 Å². The third-order valence-corrected chi connectivity index (χ3v) is 3.70. The lowest BCUT2D eigenvalue weighted by atomic mass is 10.0. The number of hydrogen-bond acceptors (Lipinski definition) is 2. The zero-order valence-electron chi connectivity index (χ0n) is 12.6. The Bertz CT molecular complexity index is 505. The van der Waals surface area contributed by atoms with E-state index in [1.807, 2.05) is 18.5 Å². The van der Waals surface area contributed by atoms with Crippen molar-refractivity contribution in [2.75, 3.05) is 0 Å². The summed E-state index contributed by atoms with van der Waals surface area (Å²) in [6, 6.07) is 13.7. The van der Waals surface area contributed by atoms with E-state index >= 15 is 0 Å². The molecule has 0 aliphatic carbocycles. The van der Waals surface area contributed by atoms with Gasteiger partial charge in [-0.15, -0.1) is 0 Å². The van der Waals surface area contributed by atoms with Gasteiger partial charge < -0.3 is 5.32 Å². The highest BCUT2D eigenvalue weighted by molar-refractivity contribution is 5.25. The molecule has 2 atom stereocenters. The molecule has 0 bridgehead atoms. The largest absolute Gasteiger partial charge is 0.304 e. The van der Waals surface area contributed by atoms with Crippen LogP contribution in [-0.4, -0.2) is 4.98 Å². The van der Waals surface area contributed by atoms with Gasteiger partial charge in [0.05, 0.1) is 0 Å². The second kappa shape index (κ2) is 7.20. The van der Waals surface area contributed by atoms with Crippen molar-refractivity contribution in [3.63, 3.8) is 0 Å². The van der Waals surface area contributed by atoms with Crippen molar-refractivity contribution in [3.05, 3.63) is 65.5 Å². The second-order valence-corrected chi connectivity index (χ2v) is 5.39. The fourth-order valence-corrected chi connectivity index (χ4v) is 2.46. The van der Waals surface area contributed by atoms with Gasteiger partial charge in [-0.25, -0.2) is 0 Å². The Morgan fingerprint density at radius 2 is 1.70 bits per heavy atom. The first kappa shape index (κ1) is 14.7. The molecule has 0 radical (unpaired) electrons. The number of rotatable bonds is 6. The molecule has 1 aromatic heterocycles. The van der Waals surface area contributed by atoms with Crippen molar-refractivity contribution >= 4 is 0 Å². The molecule has 1 N–H and O–H groups in total. The van der Waals surface area contributed by atoms with Crippen molar-refractivity contribution in [2.24, 2.45) is 0 Å². The fraction of sp³-hybridized carbons (Fsp3) is 0.389. The number of nitrogens with one attached hydrogen (secondary N) is 1. The highest BCUT2D eigenvalue weighted by Gasteiger charge is 2.11. The molecule has 2 aromatic rings. The topological polar surface area (TPSA) is 24.9 Å². The van der Waals surface area contributed by atoms with Gasteiger partial charge in [-0.3, -0.25) is 4.98 Å². The second-order valence-electron chi connectivity index (χ2n) is 5.39. The van der Waals surface area contributed by atoms with Crippen molar-refractivity contribution < 1.29 is 0 Å². The molecule has 2 nitrogen and oxygen atoms in total. The lowest BCUT2D eigenvalue weighted by Gasteiger charge is -2.20. The van der Waals surface area contributed by atoms with Crippen LogP contribution in [0.5, 0.6) is 0 Å². The fourth-order valence-electron chi connectivity index (χ4n) is 2.46. The minimum Gasteiger partial charge on any atom is -0.304 e. The van der Waals surface area contributed by atoms with Gasteiger partial charge in [0.1, 0.15) is 0 Å². The molecule has 0 saturated carbocycles. The highest BCUT2D eigenvalue weighted by atomic mass is 14.9. The molecule has 0 amide bonds. The SMILES string of the molecule is CCCc1ccc(C(C)N[C@H](C)c2cccnc2)cc1. The van der Waals surface area contributed by atoms with Crippen molar-refractivity contribution in [3.8, 4) is 0 Å². The highest BCUT2D eigenvalue weighted by Crippen LogP contribution is 2.19. The van der Waals surface area contributed by atoms with Gasteiger partial charge in [0.15, 0.2) is 0 Å². The Kier molecular flexibility index (Phi) is 5.31. The van der Waals surface area contributed by atoms with Gasteiger partial charge in [-0.05, 0) is 43.0 Å². The van der Waals surface area contributed by atoms with Gasteiger partial charge in [-0.1, -0.05) is 43.7 Å². The van der Waals surface area contributed by atoms with Crippen LogP contribution in [0.1, 0.15) is 56.0 Å². The van der Waals surface area contributed by atoms with E-state index in [0.717, 1.165) is 6.42 Å². The summed E-state index contributed by atoms with van der Waals surface area (Å²) < 4.78 is 0. The third-order valence-electron chi connectivity index (χ3n) is 3.70. The molecular formula is C18H24N2. The van der Waals surface area contributed by atoms with Crippen LogP contribution in [0.2, 0.25) is 0 Å². The zero-order chi connectivity index (χ0) is 14.4. The summed E-state index contributed by atoms with van der Waals surface area (Å²) in [5.41, 5.74) is 3.98. The molecule has 1 heterocycles. The molecule has 0 spiro atoms. The summed E-state index contributed by atoms with van der Waals surface area (Å²) in [5, 5.41) is 3.62. The van der Waals surface area contributed by atoms with E-state index in [1.54, 1.807) is 0 Å². The number of aryl methyl sites for hydroxylation is 1.